The quantitative estimate of drug-likeness (QED) is 0.0876. The predicted molar refractivity (Wildman–Crippen MR) is 352 cm³/mol. The third-order valence-electron chi connectivity index (χ3n) is 18.8. The van der Waals surface area contributed by atoms with Gasteiger partial charge in [0.15, 0.2) is 0 Å². The van der Waals surface area contributed by atoms with Gasteiger partial charge in [0.1, 0.15) is 0 Å². The van der Waals surface area contributed by atoms with E-state index < -0.39 is 55.0 Å². The van der Waals surface area contributed by atoms with Gasteiger partial charge in [0.05, 0.1) is 33.6 Å². The van der Waals surface area contributed by atoms with E-state index in [9.17, 15) is 0 Å². The predicted octanol–water partition coefficient (Wildman–Crippen LogP) is 15.2. The molecule has 7 aromatic carbocycles. The topological polar surface area (TPSA) is 94.1 Å². The number of hydrogen-bond donors (Lipinski definition) is 0. The molecule has 3 aromatic heterocycles. The molecule has 3 saturated heterocycles. The van der Waals surface area contributed by atoms with Crippen molar-refractivity contribution in [2.75, 3.05) is 0 Å². The summed E-state index contributed by atoms with van der Waals surface area (Å²) in [6.07, 6.45) is 5.89. The molecule has 0 aliphatic carbocycles. The van der Waals surface area contributed by atoms with Gasteiger partial charge < -0.3 is 42.9 Å². The van der Waals surface area contributed by atoms with Crippen molar-refractivity contribution in [1.82, 2.24) is 15.0 Å². The first-order valence-corrected chi connectivity index (χ1v) is 30.0. The smallest absolute Gasteiger partial charge is 0.408 e. The summed E-state index contributed by atoms with van der Waals surface area (Å²) in [4.78, 5) is 15.1. The van der Waals surface area contributed by atoms with Crippen molar-refractivity contribution in [2.45, 2.75) is 117 Å². The minimum absolute atomic E-state index is 0. The van der Waals surface area contributed by atoms with Crippen molar-refractivity contribution in [3.63, 3.8) is 0 Å². The van der Waals surface area contributed by atoms with Crippen LogP contribution in [-0.2, 0) is 48.0 Å². The van der Waals surface area contributed by atoms with Gasteiger partial charge in [-0.3, -0.25) is 0 Å². The number of hydrogen-bond acceptors (Lipinski definition) is 9. The molecular weight excluding hydrogens is 1260 g/mol. The number of benzene rings is 7. The zero-order valence-corrected chi connectivity index (χ0v) is 54.3. The minimum Gasteiger partial charge on any atom is -0.408 e. The van der Waals surface area contributed by atoms with Gasteiger partial charge in [-0.05, 0) is 185 Å². The Bertz CT molecular complexity index is 3690. The van der Waals surface area contributed by atoms with Crippen molar-refractivity contribution >= 4 is 37.7 Å². The normalized spacial score (nSPS) is 17.7. The molecule has 0 amide bonds. The molecule has 9 nitrogen and oxygen atoms in total. The van der Waals surface area contributed by atoms with E-state index in [2.05, 4.69) is 229 Å². The van der Waals surface area contributed by atoms with Gasteiger partial charge in [-0.2, -0.15) is 0 Å². The van der Waals surface area contributed by atoms with Crippen LogP contribution < -0.4 is 16.4 Å². The Morgan fingerprint density at radius 2 is 0.511 bits per heavy atom. The van der Waals surface area contributed by atoms with Crippen LogP contribution in [-0.4, -0.2) is 69.9 Å². The molecule has 3 aliphatic heterocycles. The van der Waals surface area contributed by atoms with Gasteiger partial charge >= 0.3 is 41.5 Å². The van der Waals surface area contributed by atoms with E-state index >= 15 is 0 Å². The van der Waals surface area contributed by atoms with Gasteiger partial charge in [0.25, 0.3) is 0 Å². The Morgan fingerprint density at radius 3 is 0.705 bits per heavy atom. The molecule has 438 valence electrons. The fourth-order valence-electron chi connectivity index (χ4n) is 11.4. The summed E-state index contributed by atoms with van der Waals surface area (Å²) in [5.74, 6) is 0. The van der Waals surface area contributed by atoms with Crippen LogP contribution >= 0.6 is 0 Å². The Kier molecular flexibility index (Phi) is 16.0. The molecule has 6 heterocycles. The van der Waals surface area contributed by atoms with Crippen LogP contribution in [0.1, 0.15) is 83.1 Å². The Balaban J connectivity index is 0.00000754. The second kappa shape index (κ2) is 23.2. The van der Waals surface area contributed by atoms with E-state index in [-0.39, 0.29) is 20.1 Å². The molecule has 13 heteroatoms. The zero-order chi connectivity index (χ0) is 60.7. The summed E-state index contributed by atoms with van der Waals surface area (Å²) in [5, 5.41) is 0. The maximum absolute atomic E-state index is 6.33. The SMILES string of the molecule is CC1(C)OB(c2c[c-]c(-c3ccc(-c4ccccc4-c4cc(-c5ccccc5-c5ccc(-c6[c-]cc(B7OC(C)(C)C(C)(C)O7)cc6)nc5)cc(-c5ccccc5-c5ccc(-c6[c-]cc(B7OC(C)(C)C(C)(C)O7)cc6)nc5)c4)cn3)cc2)OC1(C)C.[Ir+3]. The molecule has 0 atom stereocenters. The van der Waals surface area contributed by atoms with Gasteiger partial charge in [0, 0.05) is 18.6 Å². The second-order valence-electron chi connectivity index (χ2n) is 26.1. The number of pyridine rings is 3. The van der Waals surface area contributed by atoms with Gasteiger partial charge in [-0.1, -0.05) is 126 Å². The Morgan fingerprint density at radius 1 is 0.284 bits per heavy atom. The van der Waals surface area contributed by atoms with E-state index in [0.29, 0.717) is 0 Å². The van der Waals surface area contributed by atoms with Gasteiger partial charge in [-0.15, -0.1) is 89.5 Å². The summed E-state index contributed by atoms with van der Waals surface area (Å²) in [7, 11) is -1.39. The number of aromatic nitrogens is 3. The van der Waals surface area contributed by atoms with Crippen molar-refractivity contribution in [2.24, 2.45) is 0 Å². The van der Waals surface area contributed by atoms with Crippen molar-refractivity contribution in [1.29, 1.82) is 0 Å². The molecule has 0 N–H and O–H groups in total. The summed E-state index contributed by atoms with van der Waals surface area (Å²) in [6, 6.07) is 73.8. The van der Waals surface area contributed by atoms with Gasteiger partial charge in [-0.25, -0.2) is 0 Å². The molecule has 0 spiro atoms. The monoisotopic (exact) mass is 1330 g/mol. The number of nitrogens with zero attached hydrogens (tertiary/aromatic N) is 3. The average molecular weight is 1330 g/mol. The molecule has 0 radical (unpaired) electrons. The molecule has 10 aromatic rings. The van der Waals surface area contributed by atoms with Crippen LogP contribution in [0.5, 0.6) is 0 Å². The third-order valence-corrected chi connectivity index (χ3v) is 18.8. The molecule has 0 unspecified atom stereocenters. The molecule has 3 fully saturated rings. The molecular formula is C75H69B3IrN3O6. The van der Waals surface area contributed by atoms with Gasteiger partial charge in [0.2, 0.25) is 0 Å². The van der Waals surface area contributed by atoms with E-state index in [4.69, 9.17) is 42.9 Å². The molecule has 0 bridgehead atoms. The first kappa shape index (κ1) is 60.9. The minimum atomic E-state index is -0.464. The fourth-order valence-corrected chi connectivity index (χ4v) is 11.4. The zero-order valence-electron chi connectivity index (χ0n) is 51.9. The van der Waals surface area contributed by atoms with E-state index in [1.54, 1.807) is 0 Å². The average Bonchev–Trinajstić information content (AvgIpc) is 1.53. The van der Waals surface area contributed by atoms with Crippen LogP contribution in [0.15, 0.2) is 201 Å². The van der Waals surface area contributed by atoms with Crippen LogP contribution in [0.4, 0.5) is 0 Å². The molecule has 13 rings (SSSR count). The van der Waals surface area contributed by atoms with E-state index in [1.807, 2.05) is 73.2 Å². The molecule has 3 aliphatic rings. The largest absolute Gasteiger partial charge is 3.00 e. The summed E-state index contributed by atoms with van der Waals surface area (Å²) in [5.41, 5.74) is 17.8. The summed E-state index contributed by atoms with van der Waals surface area (Å²) in [6.45, 7) is 24.8. The first-order valence-electron chi connectivity index (χ1n) is 30.0. The van der Waals surface area contributed by atoms with Crippen LogP contribution in [0.2, 0.25) is 0 Å². The standard InChI is InChI=1S/C75H69B3N3O6.Ir/c1-70(2)71(3,4)83-76(82-70)58-34-25-49(26-35-58)67-40-31-52(46-79-67)61-19-13-16-22-64(61)55-43-56(65-23-17-14-20-62(65)53-32-41-68(80-47-53)50-27-36-59(37-28-50)77-84-72(5,6)73(7,8)85-77)45-57(44-55)66-24-18-15-21-63(66)54-33-42-69(81-48-54)51-29-38-60(39-30-51)78-86-74(9,10)75(11,12)87-78;/h13-25,27,29,31-48H,1-12H3;/q-3;+3. The fraction of sp³-hybridized carbons (Fsp3) is 0.240. The maximum Gasteiger partial charge on any atom is 3.00 e. The van der Waals surface area contributed by atoms with Crippen molar-refractivity contribution < 1.29 is 48.0 Å². The first-order chi connectivity index (χ1) is 41.5. The number of rotatable bonds is 12. The van der Waals surface area contributed by atoms with Crippen molar-refractivity contribution in [3.8, 4) is 101 Å². The van der Waals surface area contributed by atoms with E-state index in [1.165, 1.54) is 0 Å². The molecule has 88 heavy (non-hydrogen) atoms. The Hall–Kier alpha value is -7.41. The van der Waals surface area contributed by atoms with E-state index in [0.717, 1.165) is 117 Å². The summed E-state index contributed by atoms with van der Waals surface area (Å²) >= 11 is 0. The molecule has 0 saturated carbocycles. The third kappa shape index (κ3) is 11.5. The maximum atomic E-state index is 6.33. The summed E-state index contributed by atoms with van der Waals surface area (Å²) < 4.78 is 38.0. The van der Waals surface area contributed by atoms with Crippen LogP contribution in [0, 0.1) is 18.2 Å². The van der Waals surface area contributed by atoms with Crippen LogP contribution in [0.3, 0.4) is 0 Å². The Labute approximate surface area is 533 Å². The van der Waals surface area contributed by atoms with Crippen molar-refractivity contribution in [3.05, 3.63) is 219 Å². The second-order valence-corrected chi connectivity index (χ2v) is 26.1. The van der Waals surface area contributed by atoms with Crippen LogP contribution in [0.25, 0.3) is 101 Å².